The first-order valence-corrected chi connectivity index (χ1v) is 20.8. The van der Waals surface area contributed by atoms with Crippen molar-refractivity contribution in [2.45, 2.75) is 140 Å². The number of hydrogen-bond donors (Lipinski definition) is 0. The van der Waals surface area contributed by atoms with Crippen molar-refractivity contribution in [3.05, 3.63) is 82.9 Å². The maximum absolute atomic E-state index is 11.6. The first-order valence-electron chi connectivity index (χ1n) is 17.9. The van der Waals surface area contributed by atoms with Crippen LogP contribution < -0.4 is 0 Å². The van der Waals surface area contributed by atoms with Crippen LogP contribution in [0.1, 0.15) is 127 Å². The Morgan fingerprint density at radius 1 is 0.429 bits per heavy atom. The topological polar surface area (TPSA) is 114 Å². The average Bonchev–Trinajstić information content (AvgIpc) is 3.05. The average molecular weight is 735 g/mol. The van der Waals surface area contributed by atoms with E-state index >= 15 is 0 Å². The Bertz CT molecular complexity index is 1700. The summed E-state index contributed by atoms with van der Waals surface area (Å²) >= 11 is 0. The molecule has 0 spiro atoms. The molecule has 0 radical (unpaired) electrons. The Balaban J connectivity index is 0.000000333. The van der Waals surface area contributed by atoms with E-state index < -0.39 is 20.2 Å². The monoisotopic (exact) mass is 734 g/mol. The standard InChI is InChI=1S/2C20H28O3S.Ca/c2*1-3-5-7-10-16-12-9-13-19-17(11-8-6-4-2)14-18(15-20(16)19)24(21,22)23;/h2*9,12-15H,3-8,10-11H2,1-2H3,(H,21,22,23);/q;;+2/p-2. The van der Waals surface area contributed by atoms with Gasteiger partial charge in [0.2, 0.25) is 0 Å². The second-order valence-corrected chi connectivity index (χ2v) is 15.7. The summed E-state index contributed by atoms with van der Waals surface area (Å²) in [7, 11) is -8.88. The molecule has 0 heterocycles. The summed E-state index contributed by atoms with van der Waals surface area (Å²) in [5, 5.41) is 4.04. The van der Waals surface area contributed by atoms with Gasteiger partial charge in [-0.1, -0.05) is 115 Å². The van der Waals surface area contributed by atoms with E-state index in [1.807, 2.05) is 24.3 Å². The Morgan fingerprint density at radius 3 is 1.02 bits per heavy atom. The van der Waals surface area contributed by atoms with Crippen molar-refractivity contribution in [2.24, 2.45) is 0 Å². The molecule has 0 aliphatic carbocycles. The van der Waals surface area contributed by atoms with Crippen LogP contribution in [0.25, 0.3) is 21.5 Å². The third kappa shape index (κ3) is 13.5. The fraction of sp³-hybridized carbons (Fsp3) is 0.500. The first kappa shape index (κ1) is 43.6. The number of hydrogen-bond acceptors (Lipinski definition) is 6. The SMILES string of the molecule is CCCCCc1cc(S(=O)(=O)[O-])cc2c(CCCCC)cccc12.CCCCCc1cc(S(=O)(=O)[O-])cc2c(CCCCC)cccc12.[Ca+2]. The summed E-state index contributed by atoms with van der Waals surface area (Å²) in [5.41, 5.74) is 4.24. The normalized spacial score (nSPS) is 11.7. The van der Waals surface area contributed by atoms with Crippen LogP contribution in [0.15, 0.2) is 70.5 Å². The van der Waals surface area contributed by atoms with E-state index in [1.54, 1.807) is 24.3 Å². The van der Waals surface area contributed by atoms with E-state index in [0.717, 1.165) is 147 Å². The minimum Gasteiger partial charge on any atom is -0.744 e. The van der Waals surface area contributed by atoms with E-state index in [9.17, 15) is 25.9 Å². The summed E-state index contributed by atoms with van der Waals surface area (Å²) in [6.07, 6.45) is 16.7. The maximum Gasteiger partial charge on any atom is 2.00 e. The van der Waals surface area contributed by atoms with E-state index in [-0.39, 0.29) is 47.5 Å². The molecule has 4 rings (SSSR count). The zero-order valence-electron chi connectivity index (χ0n) is 30.1. The summed E-state index contributed by atoms with van der Waals surface area (Å²) in [5.74, 6) is 0. The fourth-order valence-corrected chi connectivity index (χ4v) is 7.49. The molecule has 0 unspecified atom stereocenters. The second-order valence-electron chi connectivity index (χ2n) is 12.9. The largest absolute Gasteiger partial charge is 2.00 e. The third-order valence-electron chi connectivity index (χ3n) is 9.07. The van der Waals surface area contributed by atoms with Gasteiger partial charge in [0.25, 0.3) is 0 Å². The molecule has 6 nitrogen and oxygen atoms in total. The first-order chi connectivity index (χ1) is 22.9. The van der Waals surface area contributed by atoms with E-state index in [0.29, 0.717) is 0 Å². The molecule has 264 valence electrons. The van der Waals surface area contributed by atoms with Crippen LogP contribution in [-0.2, 0) is 45.9 Å². The smallest absolute Gasteiger partial charge is 0.744 e. The number of aryl methyl sites for hydroxylation is 4. The van der Waals surface area contributed by atoms with Crippen LogP contribution in [-0.4, -0.2) is 63.7 Å². The van der Waals surface area contributed by atoms with Gasteiger partial charge in [0.15, 0.2) is 0 Å². The van der Waals surface area contributed by atoms with Gasteiger partial charge in [0, 0.05) is 0 Å². The number of fused-ring (bicyclic) bond motifs is 2. The molecule has 0 saturated carbocycles. The van der Waals surface area contributed by atoms with Crippen molar-refractivity contribution in [1.29, 1.82) is 0 Å². The van der Waals surface area contributed by atoms with Gasteiger partial charge >= 0.3 is 37.7 Å². The van der Waals surface area contributed by atoms with Gasteiger partial charge in [0.1, 0.15) is 20.2 Å². The summed E-state index contributed by atoms with van der Waals surface area (Å²) < 4.78 is 69.4. The molecule has 0 aromatic heterocycles. The minimum absolute atomic E-state index is 0. The minimum atomic E-state index is -4.44. The molecule has 4 aromatic rings. The van der Waals surface area contributed by atoms with E-state index in [1.165, 1.54) is 0 Å². The molecule has 0 bridgehead atoms. The summed E-state index contributed by atoms with van der Waals surface area (Å²) in [6.45, 7) is 8.61. The van der Waals surface area contributed by atoms with Crippen molar-refractivity contribution in [1.82, 2.24) is 0 Å². The Labute approximate surface area is 326 Å². The zero-order chi connectivity index (χ0) is 35.2. The van der Waals surface area contributed by atoms with E-state index in [4.69, 9.17) is 0 Å². The van der Waals surface area contributed by atoms with Crippen LogP contribution in [0.3, 0.4) is 0 Å². The van der Waals surface area contributed by atoms with Gasteiger partial charge in [-0.2, -0.15) is 0 Å². The van der Waals surface area contributed by atoms with Crippen molar-refractivity contribution in [2.75, 3.05) is 0 Å². The Kier molecular flexibility index (Phi) is 19.4. The number of rotatable bonds is 18. The number of benzene rings is 4. The van der Waals surface area contributed by atoms with Crippen LogP contribution in [0.5, 0.6) is 0 Å². The van der Waals surface area contributed by atoms with Crippen LogP contribution >= 0.6 is 0 Å². The molecule has 0 aliphatic rings. The number of unbranched alkanes of at least 4 members (excludes halogenated alkanes) is 8. The van der Waals surface area contributed by atoms with Gasteiger partial charge in [-0.3, -0.25) is 0 Å². The van der Waals surface area contributed by atoms with Crippen molar-refractivity contribution in [3.63, 3.8) is 0 Å². The predicted octanol–water partition coefficient (Wildman–Crippen LogP) is 10.0. The van der Waals surface area contributed by atoms with Crippen LogP contribution in [0, 0.1) is 0 Å². The molecule has 0 atom stereocenters. The third-order valence-corrected chi connectivity index (χ3v) is 10.7. The quantitative estimate of drug-likeness (QED) is 0.0571. The molecular formula is C40H54CaO6S2. The molecule has 0 N–H and O–H groups in total. The molecule has 49 heavy (non-hydrogen) atoms. The molecule has 0 fully saturated rings. The molecule has 4 aromatic carbocycles. The van der Waals surface area contributed by atoms with E-state index in [2.05, 4.69) is 39.8 Å². The van der Waals surface area contributed by atoms with Gasteiger partial charge in [-0.25, -0.2) is 16.8 Å². The van der Waals surface area contributed by atoms with Crippen molar-refractivity contribution in [3.8, 4) is 0 Å². The predicted molar refractivity (Wildman–Crippen MR) is 202 cm³/mol. The maximum atomic E-state index is 11.6. The second kappa shape index (κ2) is 21.8. The molecule has 0 saturated heterocycles. The molecule has 9 heteroatoms. The Hall–Kier alpha value is -1.52. The van der Waals surface area contributed by atoms with Crippen LogP contribution in [0.4, 0.5) is 0 Å². The van der Waals surface area contributed by atoms with Gasteiger partial charge < -0.3 is 9.11 Å². The fourth-order valence-electron chi connectivity index (χ4n) is 6.39. The molecule has 0 aliphatic heterocycles. The summed E-state index contributed by atoms with van der Waals surface area (Å²) in [6, 6.07) is 18.6. The molecule has 0 amide bonds. The van der Waals surface area contributed by atoms with Gasteiger partial charge in [0.05, 0.1) is 9.79 Å². The molecular weight excluding hydrogens is 681 g/mol. The van der Waals surface area contributed by atoms with Gasteiger partial charge in [-0.05, 0) is 119 Å². The van der Waals surface area contributed by atoms with Crippen molar-refractivity contribution >= 4 is 79.5 Å². The zero-order valence-corrected chi connectivity index (χ0v) is 33.9. The van der Waals surface area contributed by atoms with Crippen LogP contribution in [0.2, 0.25) is 0 Å². The van der Waals surface area contributed by atoms with Crippen molar-refractivity contribution < 1.29 is 25.9 Å². The summed E-state index contributed by atoms with van der Waals surface area (Å²) in [4.78, 5) is -0.186. The Morgan fingerprint density at radius 2 is 0.735 bits per heavy atom. The van der Waals surface area contributed by atoms with Gasteiger partial charge in [-0.15, -0.1) is 0 Å².